The molecule has 2 heterocycles. The number of anilines is 1. The lowest BCUT2D eigenvalue weighted by atomic mass is 10.3. The topological polar surface area (TPSA) is 80.9 Å². The van der Waals surface area contributed by atoms with Gasteiger partial charge in [-0.25, -0.2) is 4.98 Å². The molecule has 0 saturated heterocycles. The number of nitrogens with one attached hydrogen (secondary N) is 1. The van der Waals surface area contributed by atoms with Gasteiger partial charge in [0.05, 0.1) is 6.54 Å². The van der Waals surface area contributed by atoms with Crippen LogP contribution in [-0.4, -0.2) is 15.9 Å². The van der Waals surface area contributed by atoms with Gasteiger partial charge < -0.3 is 11.1 Å². The van der Waals surface area contributed by atoms with Crippen molar-refractivity contribution in [2.24, 2.45) is 5.73 Å². The number of aromatic nitrogens is 2. The fourth-order valence-electron chi connectivity index (χ4n) is 1.34. The first-order valence-electron chi connectivity index (χ1n) is 5.06. The molecule has 0 fully saturated rings. The van der Waals surface area contributed by atoms with Gasteiger partial charge in [0.1, 0.15) is 10.7 Å². The largest absolute Gasteiger partial charge is 0.378 e. The number of hydrogen-bond donors (Lipinski definition) is 2. The summed E-state index contributed by atoms with van der Waals surface area (Å²) in [6.45, 7) is 2.58. The fourth-order valence-corrected chi connectivity index (χ4v) is 2.05. The Bertz CT molecular complexity index is 538. The molecule has 0 radical (unpaired) electrons. The average molecular weight is 248 g/mol. The summed E-state index contributed by atoms with van der Waals surface area (Å²) in [6.07, 6.45) is 1.55. The van der Waals surface area contributed by atoms with Gasteiger partial charge in [0, 0.05) is 23.0 Å². The van der Waals surface area contributed by atoms with Crippen molar-refractivity contribution in [3.05, 3.63) is 40.1 Å². The maximum Gasteiger partial charge on any atom is 0.267 e. The molecule has 0 aliphatic heterocycles. The Morgan fingerprint density at radius 1 is 1.59 bits per heavy atom. The number of thiazole rings is 1. The van der Waals surface area contributed by atoms with Crippen molar-refractivity contribution in [2.75, 3.05) is 5.32 Å². The molecule has 2 aromatic heterocycles. The van der Waals surface area contributed by atoms with Crippen LogP contribution in [0.2, 0.25) is 0 Å². The Hall–Kier alpha value is -1.95. The molecule has 6 heteroatoms. The first-order chi connectivity index (χ1) is 8.15. The Labute approximate surface area is 103 Å². The predicted molar refractivity (Wildman–Crippen MR) is 66.9 cm³/mol. The van der Waals surface area contributed by atoms with Crippen molar-refractivity contribution >= 4 is 22.9 Å². The lowest BCUT2D eigenvalue weighted by Gasteiger charge is -2.04. The lowest BCUT2D eigenvalue weighted by molar-refractivity contribution is 0.0995. The quantitative estimate of drug-likeness (QED) is 0.860. The van der Waals surface area contributed by atoms with Gasteiger partial charge in [-0.1, -0.05) is 0 Å². The maximum absolute atomic E-state index is 11.0. The predicted octanol–water partition coefficient (Wildman–Crippen LogP) is 1.56. The Morgan fingerprint density at radius 2 is 2.41 bits per heavy atom. The normalized spacial score (nSPS) is 10.2. The lowest BCUT2D eigenvalue weighted by Crippen LogP contribution is -2.13. The smallest absolute Gasteiger partial charge is 0.267 e. The van der Waals surface area contributed by atoms with Gasteiger partial charge in [-0.3, -0.25) is 9.78 Å². The van der Waals surface area contributed by atoms with Crippen molar-refractivity contribution in [1.29, 1.82) is 0 Å². The summed E-state index contributed by atoms with van der Waals surface area (Å²) in [5.74, 6) is -0.529. The van der Waals surface area contributed by atoms with E-state index in [4.69, 9.17) is 5.73 Å². The minimum atomic E-state index is -0.529. The highest BCUT2D eigenvalue weighted by atomic mass is 32.1. The summed E-state index contributed by atoms with van der Waals surface area (Å²) in [6, 6.07) is 3.41. The summed E-state index contributed by atoms with van der Waals surface area (Å²) in [5.41, 5.74) is 7.23. The second kappa shape index (κ2) is 4.92. The third-order valence-corrected chi connectivity index (χ3v) is 3.09. The molecule has 5 nitrogen and oxygen atoms in total. The van der Waals surface area contributed by atoms with Crippen molar-refractivity contribution < 1.29 is 4.79 Å². The minimum Gasteiger partial charge on any atom is -0.378 e. The number of aryl methyl sites for hydroxylation is 1. The van der Waals surface area contributed by atoms with E-state index in [-0.39, 0.29) is 5.69 Å². The second-order valence-corrected chi connectivity index (χ2v) is 4.47. The van der Waals surface area contributed by atoms with Crippen LogP contribution >= 0.6 is 11.3 Å². The van der Waals surface area contributed by atoms with E-state index in [2.05, 4.69) is 15.3 Å². The van der Waals surface area contributed by atoms with Crippen LogP contribution in [0, 0.1) is 6.92 Å². The molecule has 1 amide bonds. The molecule has 0 aliphatic carbocycles. The number of nitrogens with two attached hydrogens (primary N) is 1. The van der Waals surface area contributed by atoms with Crippen LogP contribution in [-0.2, 0) is 6.54 Å². The van der Waals surface area contributed by atoms with E-state index in [1.807, 2.05) is 12.3 Å². The molecule has 0 aromatic carbocycles. The summed E-state index contributed by atoms with van der Waals surface area (Å²) in [4.78, 5) is 19.2. The molecular formula is C11H12N4OS. The van der Waals surface area contributed by atoms with Crippen LogP contribution in [0.5, 0.6) is 0 Å². The van der Waals surface area contributed by atoms with Crippen LogP contribution in [0.25, 0.3) is 0 Å². The highest BCUT2D eigenvalue weighted by Crippen LogP contribution is 2.13. The number of carbonyl (C=O) groups is 1. The van der Waals surface area contributed by atoms with Crippen molar-refractivity contribution in [3.8, 4) is 0 Å². The van der Waals surface area contributed by atoms with Gasteiger partial charge in [-0.2, -0.15) is 0 Å². The number of hydrogen-bond acceptors (Lipinski definition) is 5. The zero-order valence-corrected chi connectivity index (χ0v) is 10.1. The Balaban J connectivity index is 2.04. The van der Waals surface area contributed by atoms with E-state index in [9.17, 15) is 4.79 Å². The molecule has 17 heavy (non-hydrogen) atoms. The first kappa shape index (κ1) is 11.5. The van der Waals surface area contributed by atoms with Gasteiger partial charge >= 0.3 is 0 Å². The molecule has 0 atom stereocenters. The number of amides is 1. The number of nitrogens with zero attached hydrogens (tertiary/aromatic N) is 2. The van der Waals surface area contributed by atoms with Gasteiger partial charge in [-0.05, 0) is 19.1 Å². The molecule has 0 saturated carbocycles. The SMILES string of the molecule is Cc1csc(CNc2ccnc(C(N)=O)c2)n1. The first-order valence-corrected chi connectivity index (χ1v) is 5.94. The summed E-state index contributed by atoms with van der Waals surface area (Å²) in [5, 5.41) is 6.17. The molecule has 0 unspecified atom stereocenters. The van der Waals surface area contributed by atoms with E-state index in [1.54, 1.807) is 29.7 Å². The highest BCUT2D eigenvalue weighted by Gasteiger charge is 2.03. The molecule has 88 valence electrons. The van der Waals surface area contributed by atoms with Crippen molar-refractivity contribution in [1.82, 2.24) is 9.97 Å². The molecule has 2 rings (SSSR count). The van der Waals surface area contributed by atoms with Crippen LogP contribution in [0.1, 0.15) is 21.2 Å². The monoisotopic (exact) mass is 248 g/mol. The molecule has 0 bridgehead atoms. The maximum atomic E-state index is 11.0. The zero-order valence-electron chi connectivity index (χ0n) is 9.30. The third-order valence-electron chi connectivity index (χ3n) is 2.12. The van der Waals surface area contributed by atoms with Gasteiger partial charge in [0.15, 0.2) is 0 Å². The van der Waals surface area contributed by atoms with E-state index >= 15 is 0 Å². The van der Waals surface area contributed by atoms with E-state index in [0.29, 0.717) is 6.54 Å². The number of carbonyl (C=O) groups excluding carboxylic acids is 1. The second-order valence-electron chi connectivity index (χ2n) is 3.53. The van der Waals surface area contributed by atoms with Crippen LogP contribution in [0.15, 0.2) is 23.7 Å². The highest BCUT2D eigenvalue weighted by molar-refractivity contribution is 7.09. The molecular weight excluding hydrogens is 236 g/mol. The average Bonchev–Trinajstić information content (AvgIpc) is 2.73. The molecule has 0 aliphatic rings. The Kier molecular flexibility index (Phi) is 3.34. The fraction of sp³-hybridized carbons (Fsp3) is 0.182. The molecule has 0 spiro atoms. The Morgan fingerprint density at radius 3 is 3.06 bits per heavy atom. The summed E-state index contributed by atoms with van der Waals surface area (Å²) in [7, 11) is 0. The number of pyridine rings is 1. The minimum absolute atomic E-state index is 0.255. The zero-order chi connectivity index (χ0) is 12.3. The third kappa shape index (κ3) is 3.01. The van der Waals surface area contributed by atoms with Crippen molar-refractivity contribution in [3.63, 3.8) is 0 Å². The summed E-state index contributed by atoms with van der Waals surface area (Å²) >= 11 is 1.60. The van der Waals surface area contributed by atoms with Gasteiger partial charge in [-0.15, -0.1) is 11.3 Å². The van der Waals surface area contributed by atoms with Crippen LogP contribution < -0.4 is 11.1 Å². The van der Waals surface area contributed by atoms with E-state index in [1.165, 1.54) is 0 Å². The molecule has 3 N–H and O–H groups in total. The van der Waals surface area contributed by atoms with Gasteiger partial charge in [0.25, 0.3) is 5.91 Å². The summed E-state index contributed by atoms with van der Waals surface area (Å²) < 4.78 is 0. The molecule has 2 aromatic rings. The van der Waals surface area contributed by atoms with Crippen LogP contribution in [0.4, 0.5) is 5.69 Å². The standard InChI is InChI=1S/C11H12N4OS/c1-7-6-17-10(15-7)5-14-8-2-3-13-9(4-8)11(12)16/h2-4,6H,5H2,1H3,(H2,12,16)(H,13,14). The van der Waals surface area contributed by atoms with Crippen LogP contribution in [0.3, 0.4) is 0 Å². The number of primary amides is 1. The number of rotatable bonds is 4. The van der Waals surface area contributed by atoms with E-state index in [0.717, 1.165) is 16.4 Å². The van der Waals surface area contributed by atoms with Gasteiger partial charge in [0.2, 0.25) is 0 Å². The van der Waals surface area contributed by atoms with Crippen molar-refractivity contribution in [2.45, 2.75) is 13.5 Å². The van der Waals surface area contributed by atoms with E-state index < -0.39 is 5.91 Å².